The third-order valence-electron chi connectivity index (χ3n) is 3.73. The van der Waals surface area contributed by atoms with E-state index in [1.165, 1.54) is 4.90 Å². The Labute approximate surface area is 102 Å². The molecular formula is C14H17NO2. The summed E-state index contributed by atoms with van der Waals surface area (Å²) in [7, 11) is 0. The number of fused-ring (bicyclic) bond motifs is 1. The zero-order valence-corrected chi connectivity index (χ0v) is 10.1. The quantitative estimate of drug-likeness (QED) is 0.421. The number of terminal acetylenes is 1. The van der Waals surface area contributed by atoms with Crippen molar-refractivity contribution in [1.82, 2.24) is 4.90 Å². The number of imide groups is 1. The number of carbonyl (C=O) groups is 2. The summed E-state index contributed by atoms with van der Waals surface area (Å²) in [6.07, 6.45) is 11.9. The fourth-order valence-electron chi connectivity index (χ4n) is 2.74. The van der Waals surface area contributed by atoms with Gasteiger partial charge in [-0.3, -0.25) is 14.5 Å². The minimum atomic E-state index is -0.140. The molecule has 1 saturated heterocycles. The predicted octanol–water partition coefficient (Wildman–Crippen LogP) is 1.74. The molecule has 17 heavy (non-hydrogen) atoms. The van der Waals surface area contributed by atoms with E-state index in [9.17, 15) is 9.59 Å². The van der Waals surface area contributed by atoms with Gasteiger partial charge in [0.2, 0.25) is 11.8 Å². The lowest BCUT2D eigenvalue weighted by Crippen LogP contribution is -2.40. The zero-order valence-electron chi connectivity index (χ0n) is 10.1. The standard InChI is InChI=1S/C14H17NO2/c1-3-7-10(4-2)15-13(16)11-8-5-6-9-12(11)14(15)17/h1,5-6,10-12H,4,7-9H2,2H3/t10?,11-,12+. The molecule has 2 amide bonds. The van der Waals surface area contributed by atoms with Gasteiger partial charge < -0.3 is 0 Å². The highest BCUT2D eigenvalue weighted by Crippen LogP contribution is 2.36. The molecule has 2 aliphatic rings. The number of hydrogen-bond donors (Lipinski definition) is 0. The molecule has 0 aromatic carbocycles. The second kappa shape index (κ2) is 4.75. The Morgan fingerprint density at radius 1 is 1.35 bits per heavy atom. The highest BCUT2D eigenvalue weighted by molar-refractivity contribution is 6.05. The van der Waals surface area contributed by atoms with Gasteiger partial charge in [0.15, 0.2) is 0 Å². The van der Waals surface area contributed by atoms with E-state index in [0.717, 1.165) is 6.42 Å². The molecule has 3 atom stereocenters. The van der Waals surface area contributed by atoms with Crippen LogP contribution in [0.1, 0.15) is 32.6 Å². The van der Waals surface area contributed by atoms with Gasteiger partial charge in [0.05, 0.1) is 17.9 Å². The number of amides is 2. The smallest absolute Gasteiger partial charge is 0.233 e. The van der Waals surface area contributed by atoms with Crippen molar-refractivity contribution < 1.29 is 9.59 Å². The third kappa shape index (κ3) is 1.88. The highest BCUT2D eigenvalue weighted by atomic mass is 16.2. The first-order valence-electron chi connectivity index (χ1n) is 6.16. The molecule has 1 aliphatic carbocycles. The molecule has 0 saturated carbocycles. The van der Waals surface area contributed by atoms with Gasteiger partial charge in [-0.1, -0.05) is 19.1 Å². The van der Waals surface area contributed by atoms with Crippen LogP contribution in [0.5, 0.6) is 0 Å². The number of likely N-dealkylation sites (tertiary alicyclic amines) is 1. The van der Waals surface area contributed by atoms with Gasteiger partial charge in [0.25, 0.3) is 0 Å². The van der Waals surface area contributed by atoms with E-state index in [0.29, 0.717) is 19.3 Å². The van der Waals surface area contributed by atoms with E-state index in [1.54, 1.807) is 0 Å². The van der Waals surface area contributed by atoms with Crippen molar-refractivity contribution in [2.24, 2.45) is 11.8 Å². The zero-order chi connectivity index (χ0) is 12.4. The van der Waals surface area contributed by atoms with Crippen LogP contribution in [0.15, 0.2) is 12.2 Å². The lowest BCUT2D eigenvalue weighted by Gasteiger charge is -2.23. The summed E-state index contributed by atoms with van der Waals surface area (Å²) >= 11 is 0. The average molecular weight is 231 g/mol. The molecule has 1 heterocycles. The van der Waals surface area contributed by atoms with Crippen LogP contribution in [-0.2, 0) is 9.59 Å². The van der Waals surface area contributed by atoms with E-state index in [-0.39, 0.29) is 29.7 Å². The van der Waals surface area contributed by atoms with Gasteiger partial charge in [-0.05, 0) is 19.3 Å². The van der Waals surface area contributed by atoms with Crippen LogP contribution in [0, 0.1) is 24.2 Å². The Morgan fingerprint density at radius 3 is 2.29 bits per heavy atom. The Balaban J connectivity index is 2.23. The third-order valence-corrected chi connectivity index (χ3v) is 3.73. The summed E-state index contributed by atoms with van der Waals surface area (Å²) in [5.41, 5.74) is 0. The van der Waals surface area contributed by atoms with E-state index in [4.69, 9.17) is 6.42 Å². The summed E-state index contributed by atoms with van der Waals surface area (Å²) in [6, 6.07) is -0.120. The SMILES string of the molecule is C#CCC(CC)N1C(=O)[C@H]2CC=CC[C@H]2C1=O. The predicted molar refractivity (Wildman–Crippen MR) is 64.7 cm³/mol. The van der Waals surface area contributed by atoms with Crippen molar-refractivity contribution in [3.8, 4) is 12.3 Å². The Kier molecular flexibility index (Phi) is 3.33. The van der Waals surface area contributed by atoms with Crippen LogP contribution in [0.2, 0.25) is 0 Å². The number of allylic oxidation sites excluding steroid dienone is 2. The van der Waals surface area contributed by atoms with Crippen molar-refractivity contribution in [2.75, 3.05) is 0 Å². The molecule has 0 bridgehead atoms. The molecule has 2 rings (SSSR count). The number of rotatable bonds is 3. The van der Waals surface area contributed by atoms with Crippen LogP contribution in [0.25, 0.3) is 0 Å². The van der Waals surface area contributed by atoms with E-state index in [1.807, 2.05) is 19.1 Å². The molecule has 90 valence electrons. The van der Waals surface area contributed by atoms with Gasteiger partial charge in [0.1, 0.15) is 0 Å². The van der Waals surface area contributed by atoms with Crippen LogP contribution < -0.4 is 0 Å². The summed E-state index contributed by atoms with van der Waals surface area (Å²) < 4.78 is 0. The Morgan fingerprint density at radius 2 is 1.88 bits per heavy atom. The summed E-state index contributed by atoms with van der Waals surface area (Å²) in [5, 5.41) is 0. The summed E-state index contributed by atoms with van der Waals surface area (Å²) in [6.45, 7) is 1.96. The Hall–Kier alpha value is -1.56. The minimum absolute atomic E-state index is 0.0218. The summed E-state index contributed by atoms with van der Waals surface area (Å²) in [4.78, 5) is 25.9. The lowest BCUT2D eigenvalue weighted by molar-refractivity contribution is -0.142. The fourth-order valence-corrected chi connectivity index (χ4v) is 2.74. The minimum Gasteiger partial charge on any atom is -0.278 e. The first-order valence-corrected chi connectivity index (χ1v) is 6.16. The molecule has 3 heteroatoms. The number of nitrogens with zero attached hydrogens (tertiary/aromatic N) is 1. The summed E-state index contributed by atoms with van der Waals surface area (Å²) in [5.74, 6) is 2.23. The van der Waals surface area contributed by atoms with E-state index >= 15 is 0 Å². The largest absolute Gasteiger partial charge is 0.278 e. The van der Waals surface area contributed by atoms with Crippen molar-refractivity contribution >= 4 is 11.8 Å². The maximum Gasteiger partial charge on any atom is 0.233 e. The maximum atomic E-state index is 12.2. The maximum absolute atomic E-state index is 12.2. The molecule has 0 aromatic rings. The molecule has 0 aromatic heterocycles. The van der Waals surface area contributed by atoms with Crippen molar-refractivity contribution in [3.05, 3.63) is 12.2 Å². The monoisotopic (exact) mass is 231 g/mol. The van der Waals surface area contributed by atoms with Crippen LogP contribution in [0.4, 0.5) is 0 Å². The van der Waals surface area contributed by atoms with Crippen LogP contribution in [0.3, 0.4) is 0 Å². The average Bonchev–Trinajstić information content (AvgIpc) is 2.61. The number of hydrogen-bond acceptors (Lipinski definition) is 2. The van der Waals surface area contributed by atoms with Gasteiger partial charge in [-0.2, -0.15) is 0 Å². The van der Waals surface area contributed by atoms with Crippen LogP contribution >= 0.6 is 0 Å². The normalized spacial score (nSPS) is 29.1. The molecule has 1 fully saturated rings. The molecular weight excluding hydrogens is 214 g/mol. The highest BCUT2D eigenvalue weighted by Gasteiger charge is 2.48. The van der Waals surface area contributed by atoms with Crippen molar-refractivity contribution in [2.45, 2.75) is 38.6 Å². The van der Waals surface area contributed by atoms with Gasteiger partial charge in [-0.25, -0.2) is 0 Å². The van der Waals surface area contributed by atoms with E-state index < -0.39 is 0 Å². The topological polar surface area (TPSA) is 37.4 Å². The first kappa shape index (κ1) is 11.9. The van der Waals surface area contributed by atoms with Crippen molar-refractivity contribution in [3.63, 3.8) is 0 Å². The van der Waals surface area contributed by atoms with Crippen LogP contribution in [-0.4, -0.2) is 22.8 Å². The van der Waals surface area contributed by atoms with Gasteiger partial charge in [0, 0.05) is 6.42 Å². The Bertz CT molecular complexity index is 379. The first-order chi connectivity index (χ1) is 8.20. The molecule has 0 radical (unpaired) electrons. The molecule has 0 N–H and O–H groups in total. The van der Waals surface area contributed by atoms with Gasteiger partial charge >= 0.3 is 0 Å². The van der Waals surface area contributed by atoms with Crippen molar-refractivity contribution in [1.29, 1.82) is 0 Å². The fraction of sp³-hybridized carbons (Fsp3) is 0.571. The van der Waals surface area contributed by atoms with Gasteiger partial charge in [-0.15, -0.1) is 12.3 Å². The molecule has 3 nitrogen and oxygen atoms in total. The lowest BCUT2D eigenvalue weighted by atomic mass is 9.85. The second-order valence-electron chi connectivity index (χ2n) is 4.67. The second-order valence-corrected chi connectivity index (χ2v) is 4.67. The molecule has 1 unspecified atom stereocenters. The molecule has 1 aliphatic heterocycles. The number of carbonyl (C=O) groups excluding carboxylic acids is 2. The molecule has 0 spiro atoms. The van der Waals surface area contributed by atoms with E-state index in [2.05, 4.69) is 5.92 Å².